The zero-order valence-electron chi connectivity index (χ0n) is 12.6. The zero-order valence-corrected chi connectivity index (χ0v) is 12.6. The van der Waals surface area contributed by atoms with Crippen LogP contribution in [0.3, 0.4) is 0 Å². The van der Waals surface area contributed by atoms with Crippen LogP contribution < -0.4 is 5.73 Å². The summed E-state index contributed by atoms with van der Waals surface area (Å²) in [6, 6.07) is 9.18. The summed E-state index contributed by atoms with van der Waals surface area (Å²) < 4.78 is 0. The number of hydrogen-bond acceptors (Lipinski definition) is 2. The van der Waals surface area contributed by atoms with Crippen molar-refractivity contribution in [2.24, 2.45) is 5.73 Å². The number of nitrogens with two attached hydrogens (primary N) is 1. The van der Waals surface area contributed by atoms with Crippen LogP contribution in [-0.4, -0.2) is 29.5 Å². The second-order valence-corrected chi connectivity index (χ2v) is 5.68. The van der Waals surface area contributed by atoms with E-state index in [0.717, 1.165) is 13.2 Å². The molecule has 20 heavy (non-hydrogen) atoms. The Balaban J connectivity index is 2.09. The highest BCUT2D eigenvalue weighted by atomic mass is 15.4. The topological polar surface area (TPSA) is 56.4 Å². The van der Waals surface area contributed by atoms with E-state index < -0.39 is 0 Å². The van der Waals surface area contributed by atoms with Gasteiger partial charge in [0.1, 0.15) is 0 Å². The van der Waals surface area contributed by atoms with E-state index >= 15 is 0 Å². The lowest BCUT2D eigenvalue weighted by atomic mass is 10.00. The minimum atomic E-state index is 0.133. The fourth-order valence-corrected chi connectivity index (χ4v) is 2.95. The van der Waals surface area contributed by atoms with Crippen molar-refractivity contribution in [1.29, 1.82) is 5.41 Å². The summed E-state index contributed by atoms with van der Waals surface area (Å²) in [6.07, 6.45) is 4.99. The van der Waals surface area contributed by atoms with Crippen molar-refractivity contribution in [1.82, 2.24) is 9.80 Å². The molecule has 1 atom stereocenters. The van der Waals surface area contributed by atoms with Crippen molar-refractivity contribution in [3.63, 3.8) is 0 Å². The first-order valence-electron chi connectivity index (χ1n) is 7.50. The van der Waals surface area contributed by atoms with E-state index in [-0.39, 0.29) is 5.96 Å². The molecular formula is C16H26N4. The summed E-state index contributed by atoms with van der Waals surface area (Å²) in [5.41, 5.74) is 8.45. The van der Waals surface area contributed by atoms with Crippen molar-refractivity contribution in [3.8, 4) is 0 Å². The largest absolute Gasteiger partial charge is 0.370 e. The molecule has 0 spiro atoms. The van der Waals surface area contributed by atoms with Crippen LogP contribution in [0, 0.1) is 5.41 Å². The van der Waals surface area contributed by atoms with Crippen LogP contribution in [0.5, 0.6) is 0 Å². The fraction of sp³-hybridized carbons (Fsp3) is 0.562. The maximum absolute atomic E-state index is 7.54. The number of nitrogens with zero attached hydrogens (tertiary/aromatic N) is 2. The van der Waals surface area contributed by atoms with Crippen molar-refractivity contribution >= 4 is 5.96 Å². The molecule has 3 N–H and O–H groups in total. The zero-order chi connectivity index (χ0) is 14.5. The van der Waals surface area contributed by atoms with Gasteiger partial charge in [0, 0.05) is 19.6 Å². The summed E-state index contributed by atoms with van der Waals surface area (Å²) in [4.78, 5) is 4.24. The van der Waals surface area contributed by atoms with E-state index in [2.05, 4.69) is 36.1 Å². The van der Waals surface area contributed by atoms with Gasteiger partial charge in [-0.25, -0.2) is 0 Å². The Morgan fingerprint density at radius 1 is 1.40 bits per heavy atom. The number of hydrogen-bond donors (Lipinski definition) is 2. The summed E-state index contributed by atoms with van der Waals surface area (Å²) >= 11 is 0. The van der Waals surface area contributed by atoms with Gasteiger partial charge in [-0.15, -0.1) is 0 Å². The van der Waals surface area contributed by atoms with Gasteiger partial charge in [0.25, 0.3) is 0 Å². The van der Waals surface area contributed by atoms with Crippen LogP contribution in [-0.2, 0) is 6.54 Å². The molecule has 1 aromatic rings. The van der Waals surface area contributed by atoms with Crippen LogP contribution >= 0.6 is 0 Å². The van der Waals surface area contributed by atoms with Gasteiger partial charge in [0.2, 0.25) is 0 Å². The third kappa shape index (κ3) is 3.31. The lowest BCUT2D eigenvalue weighted by Gasteiger charge is -2.30. The number of rotatable bonds is 6. The summed E-state index contributed by atoms with van der Waals surface area (Å²) in [5, 5.41) is 7.54. The predicted octanol–water partition coefficient (Wildman–Crippen LogP) is 2.91. The van der Waals surface area contributed by atoms with E-state index in [1.165, 1.54) is 36.8 Å². The Morgan fingerprint density at radius 3 is 2.85 bits per heavy atom. The van der Waals surface area contributed by atoms with Crippen LogP contribution in [0.25, 0.3) is 0 Å². The first-order chi connectivity index (χ1) is 9.63. The molecule has 0 saturated carbocycles. The Kier molecular flexibility index (Phi) is 5.01. The molecule has 2 rings (SSSR count). The summed E-state index contributed by atoms with van der Waals surface area (Å²) in [7, 11) is 1.88. The number of benzene rings is 1. The van der Waals surface area contributed by atoms with Gasteiger partial charge in [-0.05, 0) is 17.5 Å². The quantitative estimate of drug-likeness (QED) is 0.476. The smallest absolute Gasteiger partial charge is 0.189 e. The van der Waals surface area contributed by atoms with Crippen LogP contribution in [0.1, 0.15) is 49.8 Å². The number of fused-ring (bicyclic) bond motifs is 1. The molecule has 0 amide bonds. The highest BCUT2D eigenvalue weighted by molar-refractivity contribution is 5.74. The standard InChI is InChI=1S/C16H26N4/c1-3-4-5-10-15-14-9-7-6-8-13(14)11-20(15)12-19(2)16(17)18/h6-9,15H,3-5,10-12H2,1-2H3,(H3,17,18). The Morgan fingerprint density at radius 2 is 2.15 bits per heavy atom. The molecule has 0 aromatic heterocycles. The Labute approximate surface area is 122 Å². The lowest BCUT2D eigenvalue weighted by Crippen LogP contribution is -2.41. The summed E-state index contributed by atoms with van der Waals surface area (Å²) in [5.74, 6) is 0.133. The molecule has 0 bridgehead atoms. The summed E-state index contributed by atoms with van der Waals surface area (Å²) in [6.45, 7) is 3.93. The highest BCUT2D eigenvalue weighted by Crippen LogP contribution is 2.36. The molecule has 4 heteroatoms. The average Bonchev–Trinajstić information content (AvgIpc) is 2.77. The molecule has 1 heterocycles. The lowest BCUT2D eigenvalue weighted by molar-refractivity contribution is 0.147. The van der Waals surface area contributed by atoms with Gasteiger partial charge in [-0.2, -0.15) is 0 Å². The maximum atomic E-state index is 7.54. The fourth-order valence-electron chi connectivity index (χ4n) is 2.95. The first kappa shape index (κ1) is 14.9. The third-order valence-corrected chi connectivity index (χ3v) is 4.11. The van der Waals surface area contributed by atoms with Crippen LogP contribution in [0.15, 0.2) is 24.3 Å². The molecule has 0 radical (unpaired) electrons. The molecule has 4 nitrogen and oxygen atoms in total. The van der Waals surface area contributed by atoms with Crippen LogP contribution in [0.2, 0.25) is 0 Å². The molecule has 110 valence electrons. The molecule has 1 unspecified atom stereocenters. The highest BCUT2D eigenvalue weighted by Gasteiger charge is 2.29. The monoisotopic (exact) mass is 274 g/mol. The number of unbranched alkanes of at least 4 members (excludes halogenated alkanes) is 2. The van der Waals surface area contributed by atoms with Gasteiger partial charge < -0.3 is 10.6 Å². The molecular weight excluding hydrogens is 248 g/mol. The second-order valence-electron chi connectivity index (χ2n) is 5.68. The second kappa shape index (κ2) is 6.75. The van der Waals surface area contributed by atoms with Gasteiger partial charge in [-0.3, -0.25) is 10.3 Å². The third-order valence-electron chi connectivity index (χ3n) is 4.11. The Bertz CT molecular complexity index is 458. The van der Waals surface area contributed by atoms with Gasteiger partial charge in [0.05, 0.1) is 6.67 Å². The first-order valence-corrected chi connectivity index (χ1v) is 7.50. The van der Waals surface area contributed by atoms with Crippen molar-refractivity contribution in [2.45, 2.75) is 45.2 Å². The molecule has 1 aliphatic heterocycles. The van der Waals surface area contributed by atoms with Gasteiger partial charge >= 0.3 is 0 Å². The maximum Gasteiger partial charge on any atom is 0.189 e. The van der Waals surface area contributed by atoms with E-state index in [4.69, 9.17) is 11.1 Å². The minimum Gasteiger partial charge on any atom is -0.370 e. The van der Waals surface area contributed by atoms with Crippen molar-refractivity contribution in [2.75, 3.05) is 13.7 Å². The molecule has 0 saturated heterocycles. The van der Waals surface area contributed by atoms with E-state index in [9.17, 15) is 0 Å². The van der Waals surface area contributed by atoms with Crippen LogP contribution in [0.4, 0.5) is 0 Å². The number of guanidine groups is 1. The minimum absolute atomic E-state index is 0.133. The Hall–Kier alpha value is -1.55. The van der Waals surface area contributed by atoms with E-state index in [1.807, 2.05) is 7.05 Å². The number of nitrogens with one attached hydrogen (secondary N) is 1. The molecule has 1 aromatic carbocycles. The van der Waals surface area contributed by atoms with E-state index in [1.54, 1.807) is 4.90 Å². The van der Waals surface area contributed by atoms with Crippen molar-refractivity contribution < 1.29 is 0 Å². The van der Waals surface area contributed by atoms with Crippen molar-refractivity contribution in [3.05, 3.63) is 35.4 Å². The van der Waals surface area contributed by atoms with Gasteiger partial charge in [0.15, 0.2) is 5.96 Å². The van der Waals surface area contributed by atoms with Gasteiger partial charge in [-0.1, -0.05) is 50.5 Å². The van der Waals surface area contributed by atoms with E-state index in [0.29, 0.717) is 6.04 Å². The molecule has 1 aliphatic rings. The molecule has 0 aliphatic carbocycles. The SMILES string of the molecule is CCCCCC1c2ccccc2CN1CN(C)C(=N)N. The normalized spacial score (nSPS) is 18.0. The molecule has 0 fully saturated rings. The predicted molar refractivity (Wildman–Crippen MR) is 83.4 cm³/mol. The average molecular weight is 274 g/mol.